The third-order valence-corrected chi connectivity index (χ3v) is 5.28. The molecule has 32 heavy (non-hydrogen) atoms. The number of amides is 4. The molecular weight excluding hydrogens is 404 g/mol. The van der Waals surface area contributed by atoms with Gasteiger partial charge < -0.3 is 26.2 Å². The molecule has 2 aromatic carbocycles. The second-order valence-corrected chi connectivity index (χ2v) is 8.20. The molecule has 0 unspecified atom stereocenters. The number of anilines is 2. The van der Waals surface area contributed by atoms with E-state index in [0.717, 1.165) is 37.2 Å². The van der Waals surface area contributed by atoms with E-state index in [-0.39, 0.29) is 24.1 Å². The molecule has 1 heterocycles. The van der Waals surface area contributed by atoms with Gasteiger partial charge >= 0.3 is 12.1 Å². The first-order chi connectivity index (χ1) is 15.4. The van der Waals surface area contributed by atoms with Crippen LogP contribution in [-0.4, -0.2) is 37.2 Å². The van der Waals surface area contributed by atoms with Crippen molar-refractivity contribution in [3.05, 3.63) is 59.7 Å². The van der Waals surface area contributed by atoms with Gasteiger partial charge in [-0.2, -0.15) is 5.26 Å². The summed E-state index contributed by atoms with van der Waals surface area (Å²) in [5, 5.41) is 20.4. The standard InChI is InChI=1S/C24H30N6O2/c1-17(2)27-24(32)29-20-7-3-19(4-8-20)16-26-23(31)28-21-11-13-30(14-12-21)22-9-5-18(15-25)6-10-22/h3-10,17,21H,11-14,16H2,1-2H3,(H2,26,28,31)(H2,27,29,32). The fourth-order valence-corrected chi connectivity index (χ4v) is 3.58. The van der Waals surface area contributed by atoms with E-state index in [0.29, 0.717) is 17.8 Å². The van der Waals surface area contributed by atoms with Crippen molar-refractivity contribution < 1.29 is 9.59 Å². The summed E-state index contributed by atoms with van der Waals surface area (Å²) in [7, 11) is 0. The molecule has 168 valence electrons. The average molecular weight is 435 g/mol. The van der Waals surface area contributed by atoms with Crippen LogP contribution in [-0.2, 0) is 6.54 Å². The van der Waals surface area contributed by atoms with Crippen LogP contribution in [0.25, 0.3) is 0 Å². The Morgan fingerprint density at radius 1 is 1.03 bits per heavy atom. The largest absolute Gasteiger partial charge is 0.371 e. The number of nitrogens with zero attached hydrogens (tertiary/aromatic N) is 2. The van der Waals surface area contributed by atoms with E-state index in [4.69, 9.17) is 5.26 Å². The lowest BCUT2D eigenvalue weighted by Crippen LogP contribution is -2.47. The third kappa shape index (κ3) is 6.91. The summed E-state index contributed by atoms with van der Waals surface area (Å²) < 4.78 is 0. The number of nitriles is 1. The molecule has 1 aliphatic rings. The molecule has 8 heteroatoms. The zero-order valence-corrected chi connectivity index (χ0v) is 18.5. The van der Waals surface area contributed by atoms with E-state index in [1.165, 1.54) is 0 Å². The monoisotopic (exact) mass is 434 g/mol. The Morgan fingerprint density at radius 2 is 1.69 bits per heavy atom. The highest BCUT2D eigenvalue weighted by molar-refractivity contribution is 5.89. The number of urea groups is 2. The van der Waals surface area contributed by atoms with E-state index in [1.807, 2.05) is 62.4 Å². The first kappa shape index (κ1) is 22.9. The van der Waals surface area contributed by atoms with Crippen molar-refractivity contribution in [1.29, 1.82) is 5.26 Å². The Morgan fingerprint density at radius 3 is 2.28 bits per heavy atom. The van der Waals surface area contributed by atoms with Gasteiger partial charge in [0.15, 0.2) is 0 Å². The third-order valence-electron chi connectivity index (χ3n) is 5.28. The molecule has 8 nitrogen and oxygen atoms in total. The molecule has 2 aromatic rings. The van der Waals surface area contributed by atoms with Gasteiger partial charge in [0.05, 0.1) is 11.6 Å². The van der Waals surface area contributed by atoms with Crippen LogP contribution in [0.5, 0.6) is 0 Å². The molecule has 0 saturated carbocycles. The molecule has 0 atom stereocenters. The summed E-state index contributed by atoms with van der Waals surface area (Å²) in [5.74, 6) is 0. The molecule has 4 N–H and O–H groups in total. The number of hydrogen-bond acceptors (Lipinski definition) is 4. The van der Waals surface area contributed by atoms with Crippen molar-refractivity contribution in [1.82, 2.24) is 16.0 Å². The van der Waals surface area contributed by atoms with Gasteiger partial charge in [0.25, 0.3) is 0 Å². The molecule has 4 amide bonds. The van der Waals surface area contributed by atoms with E-state index < -0.39 is 0 Å². The fraction of sp³-hybridized carbons (Fsp3) is 0.375. The number of piperidine rings is 1. The van der Waals surface area contributed by atoms with Crippen molar-refractivity contribution in [2.75, 3.05) is 23.3 Å². The smallest absolute Gasteiger partial charge is 0.319 e. The van der Waals surface area contributed by atoms with Crippen molar-refractivity contribution in [3.8, 4) is 6.07 Å². The number of carbonyl (C=O) groups excluding carboxylic acids is 2. The van der Waals surface area contributed by atoms with E-state index in [9.17, 15) is 9.59 Å². The van der Waals surface area contributed by atoms with Crippen LogP contribution in [0.15, 0.2) is 48.5 Å². The van der Waals surface area contributed by atoms with Gasteiger partial charge in [0.2, 0.25) is 0 Å². The Hall–Kier alpha value is -3.73. The van der Waals surface area contributed by atoms with Crippen LogP contribution in [0.1, 0.15) is 37.8 Å². The quantitative estimate of drug-likeness (QED) is 0.557. The average Bonchev–Trinajstić information content (AvgIpc) is 2.79. The minimum atomic E-state index is -0.240. The van der Waals surface area contributed by atoms with Crippen LogP contribution < -0.4 is 26.2 Å². The predicted molar refractivity (Wildman–Crippen MR) is 125 cm³/mol. The van der Waals surface area contributed by atoms with E-state index in [2.05, 4.69) is 32.2 Å². The summed E-state index contributed by atoms with van der Waals surface area (Å²) in [6, 6.07) is 16.9. The van der Waals surface area contributed by atoms with Gasteiger partial charge in [-0.05, 0) is 68.7 Å². The maximum Gasteiger partial charge on any atom is 0.319 e. The number of nitrogens with one attached hydrogen (secondary N) is 4. The zero-order chi connectivity index (χ0) is 22.9. The van der Waals surface area contributed by atoms with Gasteiger partial charge in [0.1, 0.15) is 0 Å². The molecule has 1 aliphatic heterocycles. The lowest BCUT2D eigenvalue weighted by molar-refractivity contribution is 0.234. The molecule has 0 aliphatic carbocycles. The van der Waals surface area contributed by atoms with Gasteiger partial charge in [0, 0.05) is 43.1 Å². The first-order valence-electron chi connectivity index (χ1n) is 10.9. The van der Waals surface area contributed by atoms with Crippen molar-refractivity contribution in [2.24, 2.45) is 0 Å². The Labute approximate surface area is 189 Å². The maximum atomic E-state index is 12.3. The van der Waals surface area contributed by atoms with Crippen molar-refractivity contribution in [2.45, 2.75) is 45.3 Å². The Kier molecular flexibility index (Phi) is 7.92. The SMILES string of the molecule is CC(C)NC(=O)Nc1ccc(CNC(=O)NC2CCN(c3ccc(C#N)cc3)CC2)cc1. The molecular formula is C24H30N6O2. The predicted octanol–water partition coefficient (Wildman–Crippen LogP) is 3.56. The molecule has 0 aromatic heterocycles. The second kappa shape index (κ2) is 11.0. The van der Waals surface area contributed by atoms with Crippen LogP contribution >= 0.6 is 0 Å². The van der Waals surface area contributed by atoms with Crippen LogP contribution in [0, 0.1) is 11.3 Å². The second-order valence-electron chi connectivity index (χ2n) is 8.20. The van der Waals surface area contributed by atoms with Crippen molar-refractivity contribution in [3.63, 3.8) is 0 Å². The highest BCUT2D eigenvalue weighted by atomic mass is 16.2. The minimum absolute atomic E-state index is 0.0696. The lowest BCUT2D eigenvalue weighted by atomic mass is 10.0. The molecule has 0 spiro atoms. The van der Waals surface area contributed by atoms with E-state index >= 15 is 0 Å². The Bertz CT molecular complexity index is 942. The van der Waals surface area contributed by atoms with Gasteiger partial charge in [-0.25, -0.2) is 9.59 Å². The van der Waals surface area contributed by atoms with Crippen molar-refractivity contribution >= 4 is 23.4 Å². The fourth-order valence-electron chi connectivity index (χ4n) is 3.58. The topological polar surface area (TPSA) is 109 Å². The highest BCUT2D eigenvalue weighted by Gasteiger charge is 2.20. The number of benzene rings is 2. The molecule has 1 fully saturated rings. The maximum absolute atomic E-state index is 12.3. The Balaban J connectivity index is 1.38. The lowest BCUT2D eigenvalue weighted by Gasteiger charge is -2.34. The molecule has 0 bridgehead atoms. The van der Waals surface area contributed by atoms with Gasteiger partial charge in [-0.1, -0.05) is 12.1 Å². The van der Waals surface area contributed by atoms with Crippen LogP contribution in [0.3, 0.4) is 0 Å². The zero-order valence-electron chi connectivity index (χ0n) is 18.5. The number of carbonyl (C=O) groups is 2. The van der Waals surface area contributed by atoms with Gasteiger partial charge in [-0.15, -0.1) is 0 Å². The number of hydrogen-bond donors (Lipinski definition) is 4. The van der Waals surface area contributed by atoms with Crippen LogP contribution in [0.2, 0.25) is 0 Å². The summed E-state index contributed by atoms with van der Waals surface area (Å²) in [6.45, 7) is 5.93. The summed E-state index contributed by atoms with van der Waals surface area (Å²) >= 11 is 0. The van der Waals surface area contributed by atoms with Gasteiger partial charge in [-0.3, -0.25) is 0 Å². The summed E-state index contributed by atoms with van der Waals surface area (Å²) in [6.07, 6.45) is 1.73. The molecule has 1 saturated heterocycles. The van der Waals surface area contributed by atoms with E-state index in [1.54, 1.807) is 0 Å². The summed E-state index contributed by atoms with van der Waals surface area (Å²) in [5.41, 5.74) is 3.41. The van der Waals surface area contributed by atoms with Crippen LogP contribution in [0.4, 0.5) is 21.0 Å². The normalized spacial score (nSPS) is 13.9. The molecule has 3 rings (SSSR count). The number of rotatable bonds is 6. The molecule has 0 radical (unpaired) electrons. The summed E-state index contributed by atoms with van der Waals surface area (Å²) in [4.78, 5) is 26.3. The minimum Gasteiger partial charge on any atom is -0.371 e. The highest BCUT2D eigenvalue weighted by Crippen LogP contribution is 2.20. The first-order valence-corrected chi connectivity index (χ1v) is 10.9.